The Morgan fingerprint density at radius 1 is 1.24 bits per heavy atom. The van der Waals surface area contributed by atoms with E-state index in [0.717, 1.165) is 24.2 Å². The van der Waals surface area contributed by atoms with Crippen molar-refractivity contribution in [2.45, 2.75) is 31.8 Å². The van der Waals surface area contributed by atoms with Crippen LogP contribution in [0.25, 0.3) is 0 Å². The average Bonchev–Trinajstić information content (AvgIpc) is 2.86. The van der Waals surface area contributed by atoms with Crippen LogP contribution in [0.2, 0.25) is 0 Å². The van der Waals surface area contributed by atoms with Crippen molar-refractivity contribution in [1.29, 1.82) is 0 Å². The first-order chi connectivity index (χ1) is 12.1. The molecule has 25 heavy (non-hydrogen) atoms. The van der Waals surface area contributed by atoms with Crippen LogP contribution in [0.5, 0.6) is 5.75 Å². The molecule has 4 unspecified atom stereocenters. The van der Waals surface area contributed by atoms with Gasteiger partial charge in [-0.3, -0.25) is 19.5 Å². The molecule has 1 spiro atoms. The summed E-state index contributed by atoms with van der Waals surface area (Å²) in [5.74, 6) is 0.479. The highest BCUT2D eigenvalue weighted by atomic mass is 16.5. The van der Waals surface area contributed by atoms with Crippen LogP contribution in [-0.4, -0.2) is 35.6 Å². The molecule has 4 atom stereocenters. The number of methoxy groups -OCH3 is 1. The maximum atomic E-state index is 13.1. The van der Waals surface area contributed by atoms with E-state index in [1.165, 1.54) is 4.90 Å². The fourth-order valence-electron chi connectivity index (χ4n) is 4.42. The van der Waals surface area contributed by atoms with Gasteiger partial charge in [-0.2, -0.15) is 0 Å². The number of aliphatic imine (C=N–C) groups is 1. The average molecular weight is 338 g/mol. The van der Waals surface area contributed by atoms with Gasteiger partial charge < -0.3 is 4.74 Å². The lowest BCUT2D eigenvalue weighted by molar-refractivity contribution is -0.140. The molecule has 130 valence electrons. The third kappa shape index (κ3) is 2.25. The Morgan fingerprint density at radius 3 is 2.60 bits per heavy atom. The normalized spacial score (nSPS) is 32.4. The smallest absolute Gasteiger partial charge is 0.262 e. The van der Waals surface area contributed by atoms with Gasteiger partial charge in [0.15, 0.2) is 5.54 Å². The Balaban J connectivity index is 1.65. The summed E-state index contributed by atoms with van der Waals surface area (Å²) in [5, 5.41) is 0. The van der Waals surface area contributed by atoms with Gasteiger partial charge >= 0.3 is 0 Å². The Labute approximate surface area is 147 Å². The molecule has 4 aliphatic rings. The zero-order valence-electron chi connectivity index (χ0n) is 14.5. The van der Waals surface area contributed by atoms with Crippen LogP contribution < -0.4 is 4.74 Å². The number of imide groups is 1. The highest BCUT2D eigenvalue weighted by Crippen LogP contribution is 2.50. The SMILES string of the molecule is CCCC1C2C=CC3(N=C2)C(=O)N(Cc2ccc(OC)cc2)C(=O)C13. The summed E-state index contributed by atoms with van der Waals surface area (Å²) in [7, 11) is 1.61. The van der Waals surface area contributed by atoms with Gasteiger partial charge in [0.1, 0.15) is 5.75 Å². The molecule has 5 heteroatoms. The number of likely N-dealkylation sites (tertiary alicyclic amines) is 1. The molecule has 1 aliphatic carbocycles. The molecule has 1 fully saturated rings. The molecule has 5 nitrogen and oxygen atoms in total. The molecule has 1 aromatic rings. The van der Waals surface area contributed by atoms with Crippen LogP contribution in [-0.2, 0) is 16.1 Å². The second kappa shape index (κ2) is 5.83. The maximum Gasteiger partial charge on any atom is 0.262 e. The van der Waals surface area contributed by atoms with Crippen LogP contribution in [0.4, 0.5) is 0 Å². The highest BCUT2D eigenvalue weighted by molar-refractivity contribution is 6.13. The van der Waals surface area contributed by atoms with Crippen molar-refractivity contribution in [3.63, 3.8) is 0 Å². The summed E-state index contributed by atoms with van der Waals surface area (Å²) in [6.07, 6.45) is 7.73. The van der Waals surface area contributed by atoms with Gasteiger partial charge in [0, 0.05) is 12.1 Å². The number of hydrogen-bond donors (Lipinski definition) is 0. The van der Waals surface area contributed by atoms with Crippen LogP contribution in [0.1, 0.15) is 25.3 Å². The van der Waals surface area contributed by atoms with Gasteiger partial charge in [0.25, 0.3) is 5.91 Å². The zero-order chi connectivity index (χ0) is 17.6. The fourth-order valence-corrected chi connectivity index (χ4v) is 4.42. The zero-order valence-corrected chi connectivity index (χ0v) is 14.5. The first-order valence-corrected chi connectivity index (χ1v) is 8.84. The monoisotopic (exact) mass is 338 g/mol. The van der Waals surface area contributed by atoms with Gasteiger partial charge in [0.05, 0.1) is 19.6 Å². The van der Waals surface area contributed by atoms with Crippen molar-refractivity contribution in [2.24, 2.45) is 22.7 Å². The second-order valence-electron chi connectivity index (χ2n) is 7.05. The predicted octanol–water partition coefficient (Wildman–Crippen LogP) is 2.61. The molecule has 0 aromatic heterocycles. The van der Waals surface area contributed by atoms with E-state index in [1.54, 1.807) is 7.11 Å². The summed E-state index contributed by atoms with van der Waals surface area (Å²) in [6, 6.07) is 7.46. The number of allylic oxidation sites excluding steroid dienone is 1. The fraction of sp³-hybridized carbons (Fsp3) is 0.450. The summed E-state index contributed by atoms with van der Waals surface area (Å²) < 4.78 is 5.16. The van der Waals surface area contributed by atoms with Crippen molar-refractivity contribution in [3.05, 3.63) is 42.0 Å². The van der Waals surface area contributed by atoms with Gasteiger partial charge in [-0.15, -0.1) is 0 Å². The van der Waals surface area contributed by atoms with Gasteiger partial charge in [0.2, 0.25) is 5.91 Å². The largest absolute Gasteiger partial charge is 0.497 e. The molecule has 0 saturated carbocycles. The standard InChI is InChI=1S/C20H22N2O3/c1-3-4-16-14-9-10-20(21-11-14)17(16)18(23)22(19(20)24)12-13-5-7-15(25-2)8-6-13/h5-11,14,16-17H,3-4,12H2,1-2H3. The maximum absolute atomic E-state index is 13.1. The summed E-state index contributed by atoms with van der Waals surface area (Å²) >= 11 is 0. The first-order valence-electron chi connectivity index (χ1n) is 8.84. The minimum atomic E-state index is -1.00. The van der Waals surface area contributed by atoms with Crippen molar-refractivity contribution < 1.29 is 14.3 Å². The molecular weight excluding hydrogens is 316 g/mol. The van der Waals surface area contributed by atoms with E-state index in [-0.39, 0.29) is 36.1 Å². The van der Waals surface area contributed by atoms with E-state index in [9.17, 15) is 9.59 Å². The number of benzene rings is 1. The van der Waals surface area contributed by atoms with Crippen molar-refractivity contribution >= 4 is 18.0 Å². The van der Waals surface area contributed by atoms with Crippen molar-refractivity contribution in [2.75, 3.05) is 7.11 Å². The van der Waals surface area contributed by atoms with Crippen molar-refractivity contribution in [1.82, 2.24) is 4.90 Å². The number of nitrogens with zero attached hydrogens (tertiary/aromatic N) is 2. The van der Waals surface area contributed by atoms with E-state index in [4.69, 9.17) is 4.74 Å². The van der Waals surface area contributed by atoms with Crippen LogP contribution in [0, 0.1) is 17.8 Å². The summed E-state index contributed by atoms with van der Waals surface area (Å²) in [4.78, 5) is 32.2. The minimum Gasteiger partial charge on any atom is -0.497 e. The van der Waals surface area contributed by atoms with Crippen molar-refractivity contribution in [3.8, 4) is 5.75 Å². The third-order valence-corrected chi connectivity index (χ3v) is 5.67. The molecule has 0 radical (unpaired) electrons. The number of rotatable bonds is 5. The van der Waals surface area contributed by atoms with Gasteiger partial charge in [-0.1, -0.05) is 37.6 Å². The lowest BCUT2D eigenvalue weighted by Crippen LogP contribution is -2.50. The molecule has 5 rings (SSSR count). The van der Waals surface area contributed by atoms with Crippen LogP contribution >= 0.6 is 0 Å². The predicted molar refractivity (Wildman–Crippen MR) is 94.3 cm³/mol. The van der Waals surface area contributed by atoms with E-state index >= 15 is 0 Å². The van der Waals surface area contributed by atoms with Gasteiger partial charge in [-0.05, 0) is 30.0 Å². The molecule has 2 amide bonds. The molecular formula is C20H22N2O3. The lowest BCUT2D eigenvalue weighted by Gasteiger charge is -2.41. The third-order valence-electron chi connectivity index (χ3n) is 5.67. The Bertz CT molecular complexity index is 752. The van der Waals surface area contributed by atoms with E-state index < -0.39 is 5.54 Å². The van der Waals surface area contributed by atoms with Crippen LogP contribution in [0.3, 0.4) is 0 Å². The quantitative estimate of drug-likeness (QED) is 0.612. The Kier molecular flexibility index (Phi) is 3.74. The number of carbonyl (C=O) groups excluding carboxylic acids is 2. The second-order valence-corrected chi connectivity index (χ2v) is 7.05. The first kappa shape index (κ1) is 16.1. The van der Waals surface area contributed by atoms with E-state index in [2.05, 4.69) is 18.0 Å². The Morgan fingerprint density at radius 2 is 2.00 bits per heavy atom. The van der Waals surface area contributed by atoms with Gasteiger partial charge in [-0.25, -0.2) is 0 Å². The number of carbonyl (C=O) groups is 2. The highest BCUT2D eigenvalue weighted by Gasteiger charge is 2.64. The lowest BCUT2D eigenvalue weighted by atomic mass is 9.64. The number of amides is 2. The molecule has 1 aromatic carbocycles. The van der Waals surface area contributed by atoms with E-state index in [1.807, 2.05) is 36.6 Å². The number of ether oxygens (including phenoxy) is 1. The molecule has 3 heterocycles. The molecule has 1 saturated heterocycles. The number of hydrogen-bond acceptors (Lipinski definition) is 4. The number of dihydropyridines is 1. The van der Waals surface area contributed by atoms with Crippen LogP contribution in [0.15, 0.2) is 41.4 Å². The Hall–Kier alpha value is -2.43. The molecule has 3 aliphatic heterocycles. The molecule has 2 bridgehead atoms. The van der Waals surface area contributed by atoms with E-state index in [0.29, 0.717) is 0 Å². The topological polar surface area (TPSA) is 59.0 Å². The minimum absolute atomic E-state index is 0.0783. The summed E-state index contributed by atoms with van der Waals surface area (Å²) in [5.41, 5.74) is -0.0925. The molecule has 0 N–H and O–H groups in total. The summed E-state index contributed by atoms with van der Waals surface area (Å²) in [6.45, 7) is 2.40.